The summed E-state index contributed by atoms with van der Waals surface area (Å²) in [4.78, 5) is 14.6. The fourth-order valence-corrected chi connectivity index (χ4v) is 3.13. The van der Waals surface area contributed by atoms with E-state index in [2.05, 4.69) is 5.32 Å². The molecule has 0 aliphatic heterocycles. The van der Waals surface area contributed by atoms with Gasteiger partial charge in [0.1, 0.15) is 5.41 Å². The second kappa shape index (κ2) is 4.50. The molecule has 0 bridgehead atoms. The Morgan fingerprint density at radius 1 is 1.24 bits per heavy atom. The van der Waals surface area contributed by atoms with E-state index in [9.17, 15) is 13.6 Å². The van der Waals surface area contributed by atoms with Crippen LogP contribution in [0.1, 0.15) is 24.8 Å². The van der Waals surface area contributed by atoms with E-state index in [0.29, 0.717) is 12.1 Å². The predicted octanol–water partition coefficient (Wildman–Crippen LogP) is 2.17. The van der Waals surface area contributed by atoms with Crippen LogP contribution in [0.3, 0.4) is 0 Å². The van der Waals surface area contributed by atoms with Crippen LogP contribution < -0.4 is 5.32 Å². The van der Waals surface area contributed by atoms with Gasteiger partial charge in [-0.05, 0) is 32.5 Å². The molecule has 1 atom stereocenters. The number of nitrogens with one attached hydrogen (secondary N) is 1. The predicted molar refractivity (Wildman–Crippen MR) is 76.3 cm³/mol. The Labute approximate surface area is 123 Å². The van der Waals surface area contributed by atoms with Crippen LogP contribution >= 0.6 is 0 Å². The number of rotatable bonds is 5. The zero-order valence-corrected chi connectivity index (χ0v) is 12.3. The van der Waals surface area contributed by atoms with Crippen molar-refractivity contribution in [3.05, 3.63) is 35.9 Å². The first-order valence-corrected chi connectivity index (χ1v) is 7.22. The molecular formula is C16H20F2N2O. The van der Waals surface area contributed by atoms with Crippen LogP contribution in [0.5, 0.6) is 0 Å². The van der Waals surface area contributed by atoms with Gasteiger partial charge in [0.2, 0.25) is 5.91 Å². The topological polar surface area (TPSA) is 32.3 Å². The van der Waals surface area contributed by atoms with Crippen LogP contribution in [0.2, 0.25) is 0 Å². The molecular weight excluding hydrogens is 274 g/mol. The Hall–Kier alpha value is -1.49. The summed E-state index contributed by atoms with van der Waals surface area (Å²) in [5.41, 5.74) is -1.58. The highest BCUT2D eigenvalue weighted by atomic mass is 19.3. The molecule has 1 amide bonds. The summed E-state index contributed by atoms with van der Waals surface area (Å²) in [6, 6.07) is 8.40. The fourth-order valence-electron chi connectivity index (χ4n) is 3.13. The summed E-state index contributed by atoms with van der Waals surface area (Å²) in [7, 11) is 3.84. The molecule has 2 aliphatic rings. The summed E-state index contributed by atoms with van der Waals surface area (Å²) in [6.07, 6.45) is 1.31. The Bertz CT molecular complexity index is 555. The van der Waals surface area contributed by atoms with Crippen LogP contribution in [-0.4, -0.2) is 42.9 Å². The summed E-state index contributed by atoms with van der Waals surface area (Å²) >= 11 is 0. The van der Waals surface area contributed by atoms with Crippen molar-refractivity contribution >= 4 is 5.91 Å². The van der Waals surface area contributed by atoms with Gasteiger partial charge in [-0.25, -0.2) is 8.78 Å². The lowest BCUT2D eigenvalue weighted by Gasteiger charge is -2.25. The molecule has 1 aromatic carbocycles. The number of carbonyl (C=O) groups excluding carboxylic acids is 1. The lowest BCUT2D eigenvalue weighted by molar-refractivity contribution is -0.127. The van der Waals surface area contributed by atoms with Crippen molar-refractivity contribution < 1.29 is 13.6 Å². The monoisotopic (exact) mass is 294 g/mol. The maximum absolute atomic E-state index is 14.0. The standard InChI is InChI=1S/C16H20F2N2O/c1-20(2)11-14(8-9-14)19-13(21)15(10-16(15,17)18)12-6-4-3-5-7-12/h3-7H,8-11H2,1-2H3,(H,19,21)/t15-/m1/s1. The minimum absolute atomic E-state index is 0.318. The van der Waals surface area contributed by atoms with E-state index >= 15 is 0 Å². The first-order valence-electron chi connectivity index (χ1n) is 7.22. The molecule has 0 unspecified atom stereocenters. The molecule has 0 heterocycles. The number of carbonyl (C=O) groups is 1. The quantitative estimate of drug-likeness (QED) is 0.902. The number of alkyl halides is 2. The van der Waals surface area contributed by atoms with Crippen LogP contribution in [0.25, 0.3) is 0 Å². The molecule has 2 fully saturated rings. The molecule has 1 aromatic rings. The van der Waals surface area contributed by atoms with E-state index in [1.54, 1.807) is 30.3 Å². The van der Waals surface area contributed by atoms with Gasteiger partial charge < -0.3 is 10.2 Å². The lowest BCUT2D eigenvalue weighted by Crippen LogP contribution is -2.49. The van der Waals surface area contributed by atoms with Crippen LogP contribution in [0.4, 0.5) is 8.78 Å². The van der Waals surface area contributed by atoms with Crippen molar-refractivity contribution in [3.63, 3.8) is 0 Å². The number of halogens is 2. The zero-order chi connectivity index (χ0) is 15.3. The van der Waals surface area contributed by atoms with E-state index in [1.165, 1.54) is 0 Å². The normalized spacial score (nSPS) is 28.2. The van der Waals surface area contributed by atoms with Crippen LogP contribution in [0.15, 0.2) is 30.3 Å². The Morgan fingerprint density at radius 2 is 1.81 bits per heavy atom. The van der Waals surface area contributed by atoms with E-state index in [-0.39, 0.29) is 5.54 Å². The zero-order valence-electron chi connectivity index (χ0n) is 12.3. The van der Waals surface area contributed by atoms with Gasteiger partial charge in [-0.3, -0.25) is 4.79 Å². The highest BCUT2D eigenvalue weighted by Gasteiger charge is 2.77. The molecule has 21 heavy (non-hydrogen) atoms. The van der Waals surface area contributed by atoms with Crippen molar-refractivity contribution in [2.45, 2.75) is 36.1 Å². The van der Waals surface area contributed by atoms with Gasteiger partial charge in [0.05, 0.1) is 5.54 Å². The molecule has 3 rings (SSSR count). The van der Waals surface area contributed by atoms with Gasteiger partial charge in [0, 0.05) is 13.0 Å². The Balaban J connectivity index is 1.82. The summed E-state index contributed by atoms with van der Waals surface area (Å²) in [5, 5.41) is 2.89. The molecule has 2 aliphatic carbocycles. The molecule has 2 saturated carbocycles. The molecule has 114 valence electrons. The molecule has 1 N–H and O–H groups in total. The highest BCUT2D eigenvalue weighted by molar-refractivity contribution is 5.94. The van der Waals surface area contributed by atoms with Crippen LogP contribution in [0, 0.1) is 0 Å². The molecule has 0 radical (unpaired) electrons. The summed E-state index contributed by atoms with van der Waals surface area (Å²) < 4.78 is 27.9. The van der Waals surface area contributed by atoms with Gasteiger partial charge in [-0.15, -0.1) is 0 Å². The van der Waals surface area contributed by atoms with Crippen molar-refractivity contribution in [2.75, 3.05) is 20.6 Å². The van der Waals surface area contributed by atoms with E-state index < -0.39 is 23.7 Å². The van der Waals surface area contributed by atoms with Crippen LogP contribution in [-0.2, 0) is 10.2 Å². The minimum atomic E-state index is -2.95. The van der Waals surface area contributed by atoms with E-state index in [1.807, 2.05) is 19.0 Å². The van der Waals surface area contributed by atoms with E-state index in [0.717, 1.165) is 12.8 Å². The number of benzene rings is 1. The molecule has 5 heteroatoms. The highest BCUT2D eigenvalue weighted by Crippen LogP contribution is 2.62. The molecule has 0 saturated heterocycles. The van der Waals surface area contributed by atoms with Gasteiger partial charge in [-0.2, -0.15) is 0 Å². The number of likely N-dealkylation sites (N-methyl/N-ethyl adjacent to an activating group) is 1. The third-order valence-electron chi connectivity index (χ3n) is 4.49. The first-order chi connectivity index (χ1) is 9.81. The minimum Gasteiger partial charge on any atom is -0.348 e. The lowest BCUT2D eigenvalue weighted by atomic mass is 9.93. The van der Waals surface area contributed by atoms with Crippen molar-refractivity contribution in [1.29, 1.82) is 0 Å². The molecule has 0 aromatic heterocycles. The molecule has 0 spiro atoms. The Kier molecular flexibility index (Phi) is 3.10. The van der Waals surface area contributed by atoms with Gasteiger partial charge >= 0.3 is 0 Å². The molecule has 3 nitrogen and oxygen atoms in total. The van der Waals surface area contributed by atoms with Gasteiger partial charge in [-0.1, -0.05) is 30.3 Å². The number of amides is 1. The van der Waals surface area contributed by atoms with Crippen molar-refractivity contribution in [3.8, 4) is 0 Å². The largest absolute Gasteiger partial charge is 0.348 e. The Morgan fingerprint density at radius 3 is 2.24 bits per heavy atom. The maximum atomic E-state index is 14.0. The average Bonchev–Trinajstić information content (AvgIpc) is 3.27. The number of nitrogens with zero attached hydrogens (tertiary/aromatic N) is 1. The number of hydrogen-bond donors (Lipinski definition) is 1. The van der Waals surface area contributed by atoms with Gasteiger partial charge in [0.15, 0.2) is 0 Å². The average molecular weight is 294 g/mol. The summed E-state index contributed by atoms with van der Waals surface area (Å²) in [6.45, 7) is 0.690. The van der Waals surface area contributed by atoms with Crippen molar-refractivity contribution in [2.24, 2.45) is 0 Å². The van der Waals surface area contributed by atoms with Crippen molar-refractivity contribution in [1.82, 2.24) is 10.2 Å². The smallest absolute Gasteiger partial charge is 0.268 e. The maximum Gasteiger partial charge on any atom is 0.268 e. The number of hydrogen-bond acceptors (Lipinski definition) is 2. The van der Waals surface area contributed by atoms with E-state index in [4.69, 9.17) is 0 Å². The van der Waals surface area contributed by atoms with Gasteiger partial charge in [0.25, 0.3) is 5.92 Å². The third-order valence-corrected chi connectivity index (χ3v) is 4.49. The third kappa shape index (κ3) is 2.33. The first kappa shape index (κ1) is 14.4. The SMILES string of the molecule is CN(C)CC1(NC(=O)[C@]2(c3ccccc3)CC2(F)F)CC1. The second-order valence-electron chi connectivity index (χ2n) is 6.62. The second-order valence-corrected chi connectivity index (χ2v) is 6.62. The fraction of sp³-hybridized carbons (Fsp3) is 0.562. The summed E-state index contributed by atoms with van der Waals surface area (Å²) in [5.74, 6) is -3.48.